The first-order chi connectivity index (χ1) is 16.1. The van der Waals surface area contributed by atoms with E-state index in [4.69, 9.17) is 15.2 Å². The van der Waals surface area contributed by atoms with Crippen molar-refractivity contribution >= 4 is 35.4 Å². The molecule has 5 rings (SSSR count). The number of esters is 1. The molecule has 1 amide bonds. The molecule has 0 spiro atoms. The fraction of sp³-hybridized carbons (Fsp3) is 0.360. The molecule has 4 unspecified atom stereocenters. The molecule has 2 fully saturated rings. The topological polar surface area (TPSA) is 81.9 Å². The van der Waals surface area contributed by atoms with Crippen molar-refractivity contribution in [1.82, 2.24) is 4.90 Å². The number of benzene rings is 2. The summed E-state index contributed by atoms with van der Waals surface area (Å²) in [7, 11) is 0. The number of carbonyl (C=O) groups excluding carboxylic acids is 2. The molecule has 6 nitrogen and oxygen atoms in total. The molecule has 8 heteroatoms. The Morgan fingerprint density at radius 1 is 1.12 bits per heavy atom. The Morgan fingerprint density at radius 2 is 1.79 bits per heavy atom. The second kappa shape index (κ2) is 9.93. The number of nitrogens with two attached hydrogens (primary N) is 1. The van der Waals surface area contributed by atoms with E-state index in [1.807, 2.05) is 60.7 Å². The van der Waals surface area contributed by atoms with Crippen molar-refractivity contribution in [3.63, 3.8) is 0 Å². The summed E-state index contributed by atoms with van der Waals surface area (Å²) < 4.78 is 11.4. The van der Waals surface area contributed by atoms with Gasteiger partial charge in [0.25, 0.3) is 0 Å². The first-order valence-corrected chi connectivity index (χ1v) is 13.1. The quantitative estimate of drug-likeness (QED) is 0.497. The van der Waals surface area contributed by atoms with Crippen LogP contribution in [0.3, 0.4) is 0 Å². The van der Waals surface area contributed by atoms with Crippen LogP contribution in [0.15, 0.2) is 72.4 Å². The van der Waals surface area contributed by atoms with E-state index in [-0.39, 0.29) is 22.8 Å². The van der Waals surface area contributed by atoms with E-state index in [0.717, 1.165) is 24.0 Å². The summed E-state index contributed by atoms with van der Waals surface area (Å²) in [5.74, 6) is 0.171. The highest BCUT2D eigenvalue weighted by Gasteiger charge is 2.53. The van der Waals surface area contributed by atoms with Gasteiger partial charge in [-0.3, -0.25) is 9.69 Å². The lowest BCUT2D eigenvalue weighted by atomic mass is 10.0. The number of β-lactam (4-membered cyclic amide) rings is 1. The Hall–Kier alpha value is -2.26. The summed E-state index contributed by atoms with van der Waals surface area (Å²) in [4.78, 5) is 28.0. The van der Waals surface area contributed by atoms with Gasteiger partial charge >= 0.3 is 5.97 Å². The van der Waals surface area contributed by atoms with Crippen molar-refractivity contribution in [3.05, 3.63) is 83.6 Å². The minimum absolute atomic E-state index is 0.0311. The third kappa shape index (κ3) is 4.71. The van der Waals surface area contributed by atoms with E-state index in [2.05, 4.69) is 0 Å². The summed E-state index contributed by atoms with van der Waals surface area (Å²) in [5, 5.41) is 0.0779. The highest BCUT2D eigenvalue weighted by atomic mass is 32.2. The molecule has 4 atom stereocenters. The van der Waals surface area contributed by atoms with Gasteiger partial charge in [-0.25, -0.2) is 4.79 Å². The van der Waals surface area contributed by atoms with Crippen LogP contribution in [0.2, 0.25) is 0 Å². The van der Waals surface area contributed by atoms with Crippen LogP contribution < -0.4 is 5.73 Å². The molecule has 3 heterocycles. The summed E-state index contributed by atoms with van der Waals surface area (Å²) >= 11 is 3.36. The van der Waals surface area contributed by atoms with Gasteiger partial charge in [-0.05, 0) is 30.0 Å². The molecule has 2 N–H and O–H groups in total. The molecule has 2 aromatic rings. The molecule has 172 valence electrons. The van der Waals surface area contributed by atoms with Gasteiger partial charge in [-0.15, -0.1) is 23.5 Å². The predicted molar refractivity (Wildman–Crippen MR) is 130 cm³/mol. The Balaban J connectivity index is 1.30. The van der Waals surface area contributed by atoms with E-state index >= 15 is 0 Å². The number of carbonyl (C=O) groups is 2. The van der Waals surface area contributed by atoms with Gasteiger partial charge in [-0.1, -0.05) is 60.7 Å². The lowest BCUT2D eigenvalue weighted by Gasteiger charge is -2.49. The average molecular weight is 483 g/mol. The van der Waals surface area contributed by atoms with Crippen molar-refractivity contribution in [2.75, 3.05) is 12.4 Å². The van der Waals surface area contributed by atoms with Crippen LogP contribution in [0.4, 0.5) is 0 Å². The zero-order valence-electron chi connectivity index (χ0n) is 18.0. The highest BCUT2D eigenvalue weighted by Crippen LogP contribution is 2.46. The van der Waals surface area contributed by atoms with Crippen LogP contribution in [-0.4, -0.2) is 51.2 Å². The van der Waals surface area contributed by atoms with Gasteiger partial charge in [0.1, 0.15) is 22.5 Å². The van der Waals surface area contributed by atoms with Crippen molar-refractivity contribution in [3.8, 4) is 0 Å². The third-order valence-corrected chi connectivity index (χ3v) is 8.96. The van der Waals surface area contributed by atoms with Crippen molar-refractivity contribution in [1.29, 1.82) is 0 Å². The van der Waals surface area contributed by atoms with Crippen LogP contribution >= 0.6 is 23.5 Å². The van der Waals surface area contributed by atoms with Gasteiger partial charge in [0.05, 0.1) is 0 Å². The molecule has 33 heavy (non-hydrogen) atoms. The minimum Gasteiger partial charge on any atom is -0.448 e. The number of fused-ring (bicyclic) bond motifs is 1. The Morgan fingerprint density at radius 3 is 2.42 bits per heavy atom. The second-order valence-corrected chi connectivity index (χ2v) is 10.8. The summed E-state index contributed by atoms with van der Waals surface area (Å²) in [6.07, 6.45) is 2.63. The van der Waals surface area contributed by atoms with Crippen LogP contribution in [-0.2, 0) is 19.1 Å². The molecule has 3 aliphatic heterocycles. The normalized spacial score (nSPS) is 26.9. The number of rotatable bonds is 6. The lowest BCUT2D eigenvalue weighted by Crippen LogP contribution is -2.63. The molecule has 2 saturated heterocycles. The number of hydrogen-bond donors (Lipinski definition) is 1. The number of nitrogens with zero attached hydrogens (tertiary/aromatic N) is 1. The monoisotopic (exact) mass is 482 g/mol. The van der Waals surface area contributed by atoms with Gasteiger partial charge in [-0.2, -0.15) is 0 Å². The second-order valence-electron chi connectivity index (χ2n) is 8.24. The largest absolute Gasteiger partial charge is 0.448 e. The van der Waals surface area contributed by atoms with Crippen molar-refractivity contribution in [2.45, 2.75) is 41.0 Å². The molecule has 0 radical (unpaired) electrons. The molecular weight excluding hydrogens is 456 g/mol. The Bertz CT molecular complexity index is 994. The summed E-state index contributed by atoms with van der Waals surface area (Å²) in [5.41, 5.74) is 8.05. The zero-order valence-corrected chi connectivity index (χ0v) is 19.7. The summed E-state index contributed by atoms with van der Waals surface area (Å²) in [6, 6.07) is 19.3. The van der Waals surface area contributed by atoms with E-state index in [1.165, 1.54) is 0 Å². The first-order valence-electron chi connectivity index (χ1n) is 11.1. The first kappa shape index (κ1) is 22.5. The van der Waals surface area contributed by atoms with E-state index in [1.54, 1.807) is 34.5 Å². The van der Waals surface area contributed by atoms with Gasteiger partial charge in [0, 0.05) is 17.6 Å². The van der Waals surface area contributed by atoms with E-state index < -0.39 is 12.1 Å². The minimum atomic E-state index is -0.542. The number of thioether (sulfide) groups is 2. The molecule has 3 aliphatic rings. The predicted octanol–water partition coefficient (Wildman–Crippen LogP) is 3.68. The maximum atomic E-state index is 13.3. The van der Waals surface area contributed by atoms with Gasteiger partial charge in [0.2, 0.25) is 5.91 Å². The highest BCUT2D eigenvalue weighted by molar-refractivity contribution is 8.05. The van der Waals surface area contributed by atoms with E-state index in [0.29, 0.717) is 23.3 Å². The lowest BCUT2D eigenvalue weighted by molar-refractivity contribution is -0.151. The number of hydrogen-bond acceptors (Lipinski definition) is 7. The SMILES string of the molecule is NC1CC(SC2C(=O)N3C(C(=O)OC(c4ccccc4)c4ccccc4)=CCSC23)CCO1. The number of ether oxygens (including phenoxy) is 2. The summed E-state index contributed by atoms with van der Waals surface area (Å²) in [6.45, 7) is 0.624. The van der Waals surface area contributed by atoms with Crippen LogP contribution in [0.5, 0.6) is 0 Å². The van der Waals surface area contributed by atoms with Gasteiger partial charge in [0.15, 0.2) is 6.10 Å². The fourth-order valence-corrected chi connectivity index (χ4v) is 7.34. The third-order valence-electron chi connectivity index (χ3n) is 6.04. The number of amides is 1. The van der Waals surface area contributed by atoms with Crippen LogP contribution in [0.25, 0.3) is 0 Å². The van der Waals surface area contributed by atoms with Crippen molar-refractivity contribution < 1.29 is 19.1 Å². The molecular formula is C25H26N2O4S2. The Labute approximate surface area is 201 Å². The van der Waals surface area contributed by atoms with Crippen molar-refractivity contribution in [2.24, 2.45) is 5.73 Å². The average Bonchev–Trinajstić information content (AvgIpc) is 2.86. The molecule has 0 saturated carbocycles. The van der Waals surface area contributed by atoms with E-state index in [9.17, 15) is 9.59 Å². The molecule has 0 bridgehead atoms. The Kier molecular flexibility index (Phi) is 6.78. The molecule has 2 aromatic carbocycles. The molecule has 0 aliphatic carbocycles. The van der Waals surface area contributed by atoms with Crippen LogP contribution in [0.1, 0.15) is 30.1 Å². The van der Waals surface area contributed by atoms with Crippen LogP contribution in [0, 0.1) is 0 Å². The maximum absolute atomic E-state index is 13.3. The standard InChI is InChI=1S/C25H26N2O4S2/c26-20-15-18(11-13-30-20)33-22-23(28)27-19(12-14-32-24(22)27)25(29)31-21(16-7-3-1-4-8-16)17-9-5-2-6-10-17/h1-10,12,18,20-22,24H,11,13-15,26H2. The maximum Gasteiger partial charge on any atom is 0.355 e. The fourth-order valence-electron chi connectivity index (χ4n) is 4.36. The zero-order chi connectivity index (χ0) is 22.8. The molecule has 0 aromatic heterocycles. The smallest absolute Gasteiger partial charge is 0.355 e. The van der Waals surface area contributed by atoms with Gasteiger partial charge < -0.3 is 15.2 Å².